The molecule has 0 aliphatic heterocycles. The Kier molecular flexibility index (Phi) is 3.59. The molecule has 0 bridgehead atoms. The van der Waals surface area contributed by atoms with E-state index in [9.17, 15) is 4.79 Å². The second-order valence-corrected chi connectivity index (χ2v) is 3.99. The summed E-state index contributed by atoms with van der Waals surface area (Å²) in [5.41, 5.74) is 6.29. The van der Waals surface area contributed by atoms with Gasteiger partial charge in [-0.15, -0.1) is 11.3 Å². The van der Waals surface area contributed by atoms with Crippen molar-refractivity contribution in [2.45, 2.75) is 13.0 Å². The summed E-state index contributed by atoms with van der Waals surface area (Å²) in [6, 6.07) is 1.31. The van der Waals surface area contributed by atoms with Gasteiger partial charge in [0.25, 0.3) is 0 Å². The minimum Gasteiger partial charge on any atom is -0.383 e. The summed E-state index contributed by atoms with van der Waals surface area (Å²) in [7, 11) is 1.53. The van der Waals surface area contributed by atoms with Gasteiger partial charge in [0.1, 0.15) is 0 Å². The zero-order valence-corrected chi connectivity index (χ0v) is 8.56. The van der Waals surface area contributed by atoms with E-state index >= 15 is 0 Å². The second-order valence-electron chi connectivity index (χ2n) is 2.87. The molecule has 0 saturated heterocycles. The van der Waals surface area contributed by atoms with Gasteiger partial charge < -0.3 is 10.5 Å². The fourth-order valence-corrected chi connectivity index (χ4v) is 1.73. The molecule has 0 fully saturated rings. The van der Waals surface area contributed by atoms with E-state index in [1.54, 1.807) is 11.3 Å². The van der Waals surface area contributed by atoms with Crippen molar-refractivity contribution >= 4 is 17.1 Å². The highest BCUT2D eigenvalue weighted by molar-refractivity contribution is 7.10. The predicted octanol–water partition coefficient (Wildman–Crippen LogP) is 1.21. The van der Waals surface area contributed by atoms with Crippen LogP contribution in [0.4, 0.5) is 0 Å². The molecule has 3 nitrogen and oxygen atoms in total. The monoisotopic (exact) mass is 199 g/mol. The molecule has 0 aliphatic carbocycles. The van der Waals surface area contributed by atoms with Gasteiger partial charge >= 0.3 is 0 Å². The molecule has 1 aromatic rings. The Morgan fingerprint density at radius 2 is 2.46 bits per heavy atom. The number of methoxy groups -OCH3 is 1. The van der Waals surface area contributed by atoms with Crippen molar-refractivity contribution in [3.63, 3.8) is 0 Å². The van der Waals surface area contributed by atoms with E-state index in [1.807, 2.05) is 18.4 Å². The highest BCUT2D eigenvalue weighted by Gasteiger charge is 2.15. The highest BCUT2D eigenvalue weighted by Crippen LogP contribution is 2.14. The first-order valence-corrected chi connectivity index (χ1v) is 4.87. The largest absolute Gasteiger partial charge is 0.383 e. The van der Waals surface area contributed by atoms with Crippen LogP contribution in [0, 0.1) is 6.92 Å². The van der Waals surface area contributed by atoms with Crippen molar-refractivity contribution in [3.05, 3.63) is 21.9 Å². The van der Waals surface area contributed by atoms with Gasteiger partial charge in [-0.2, -0.15) is 0 Å². The lowest BCUT2D eigenvalue weighted by Crippen LogP contribution is -2.34. The number of hydrogen-bond acceptors (Lipinski definition) is 4. The SMILES string of the molecule is COCC(N)C(=O)c1csc(C)c1. The highest BCUT2D eigenvalue weighted by atomic mass is 32.1. The van der Waals surface area contributed by atoms with Gasteiger partial charge in [-0.25, -0.2) is 0 Å². The van der Waals surface area contributed by atoms with Crippen LogP contribution < -0.4 is 5.73 Å². The lowest BCUT2D eigenvalue weighted by Gasteiger charge is -2.06. The van der Waals surface area contributed by atoms with Crippen molar-refractivity contribution in [1.29, 1.82) is 0 Å². The first kappa shape index (κ1) is 10.4. The van der Waals surface area contributed by atoms with Crippen LogP contribution >= 0.6 is 11.3 Å². The number of Topliss-reactive ketones (excluding diaryl/α,β-unsaturated/α-hetero) is 1. The van der Waals surface area contributed by atoms with E-state index in [4.69, 9.17) is 10.5 Å². The molecule has 2 N–H and O–H groups in total. The molecule has 0 amide bonds. The molecule has 72 valence electrons. The molecule has 4 heteroatoms. The third-order valence-corrected chi connectivity index (χ3v) is 2.56. The van der Waals surface area contributed by atoms with Crippen LogP contribution in [0.5, 0.6) is 0 Å². The lowest BCUT2D eigenvalue weighted by molar-refractivity contribution is 0.0893. The van der Waals surface area contributed by atoms with Crippen LogP contribution in [-0.2, 0) is 4.74 Å². The zero-order chi connectivity index (χ0) is 9.84. The molecule has 1 heterocycles. The Morgan fingerprint density at radius 3 is 2.92 bits per heavy atom. The Labute approximate surface area is 81.5 Å². The fourth-order valence-electron chi connectivity index (χ4n) is 1.04. The number of aryl methyl sites for hydroxylation is 1. The normalized spacial score (nSPS) is 12.8. The van der Waals surface area contributed by atoms with E-state index in [0.29, 0.717) is 5.56 Å². The smallest absolute Gasteiger partial charge is 0.182 e. The van der Waals surface area contributed by atoms with Crippen molar-refractivity contribution < 1.29 is 9.53 Å². The average molecular weight is 199 g/mol. The van der Waals surface area contributed by atoms with Gasteiger partial charge in [-0.05, 0) is 13.0 Å². The van der Waals surface area contributed by atoms with Gasteiger partial charge in [-0.1, -0.05) is 0 Å². The topological polar surface area (TPSA) is 52.3 Å². The van der Waals surface area contributed by atoms with E-state index in [0.717, 1.165) is 4.88 Å². The molecule has 0 saturated carbocycles. The Hall–Kier alpha value is -0.710. The number of ether oxygens (including phenoxy) is 1. The molecular formula is C9H13NO2S. The number of thiophene rings is 1. The Morgan fingerprint density at radius 1 is 1.77 bits per heavy atom. The summed E-state index contributed by atoms with van der Waals surface area (Å²) in [5, 5.41) is 1.83. The summed E-state index contributed by atoms with van der Waals surface area (Å²) >= 11 is 1.55. The molecule has 0 aromatic carbocycles. The standard InChI is InChI=1S/C9H13NO2S/c1-6-3-7(5-13-6)9(11)8(10)4-12-2/h3,5,8H,4,10H2,1-2H3. The fraction of sp³-hybridized carbons (Fsp3) is 0.444. The Balaban J connectivity index is 2.67. The molecule has 1 aromatic heterocycles. The van der Waals surface area contributed by atoms with Crippen molar-refractivity contribution in [2.75, 3.05) is 13.7 Å². The van der Waals surface area contributed by atoms with E-state index in [-0.39, 0.29) is 12.4 Å². The maximum atomic E-state index is 11.5. The predicted molar refractivity (Wildman–Crippen MR) is 53.2 cm³/mol. The average Bonchev–Trinajstić information content (AvgIpc) is 2.51. The van der Waals surface area contributed by atoms with Crippen LogP contribution in [0.3, 0.4) is 0 Å². The van der Waals surface area contributed by atoms with Crippen LogP contribution in [0.1, 0.15) is 15.2 Å². The summed E-state index contributed by atoms with van der Waals surface area (Å²) in [6.07, 6.45) is 0. The summed E-state index contributed by atoms with van der Waals surface area (Å²) < 4.78 is 4.81. The quantitative estimate of drug-likeness (QED) is 0.742. The number of rotatable bonds is 4. The molecule has 1 unspecified atom stereocenters. The van der Waals surface area contributed by atoms with Gasteiger partial charge in [0.05, 0.1) is 12.6 Å². The van der Waals surface area contributed by atoms with E-state index < -0.39 is 6.04 Å². The second kappa shape index (κ2) is 4.50. The third kappa shape index (κ3) is 2.62. The number of hydrogen-bond donors (Lipinski definition) is 1. The van der Waals surface area contributed by atoms with Gasteiger partial charge in [0.15, 0.2) is 5.78 Å². The van der Waals surface area contributed by atoms with Crippen molar-refractivity contribution in [1.82, 2.24) is 0 Å². The van der Waals surface area contributed by atoms with Crippen LogP contribution in [0.15, 0.2) is 11.4 Å². The van der Waals surface area contributed by atoms with Gasteiger partial charge in [-0.3, -0.25) is 4.79 Å². The molecule has 1 atom stereocenters. The van der Waals surface area contributed by atoms with Gasteiger partial charge in [0, 0.05) is 22.9 Å². The van der Waals surface area contributed by atoms with E-state index in [2.05, 4.69) is 0 Å². The maximum Gasteiger partial charge on any atom is 0.182 e. The maximum absolute atomic E-state index is 11.5. The molecule has 0 aliphatic rings. The number of nitrogens with two attached hydrogens (primary N) is 1. The molecule has 0 spiro atoms. The van der Waals surface area contributed by atoms with Crippen LogP contribution in [-0.4, -0.2) is 25.5 Å². The summed E-state index contributed by atoms with van der Waals surface area (Å²) in [4.78, 5) is 12.7. The van der Waals surface area contributed by atoms with Crippen molar-refractivity contribution in [3.8, 4) is 0 Å². The Bertz CT molecular complexity index is 296. The minimum atomic E-state index is -0.543. The number of carbonyl (C=O) groups excluding carboxylic acids is 1. The van der Waals surface area contributed by atoms with Crippen LogP contribution in [0.2, 0.25) is 0 Å². The molecule has 1 rings (SSSR count). The number of carbonyl (C=O) groups is 1. The van der Waals surface area contributed by atoms with Crippen molar-refractivity contribution in [2.24, 2.45) is 5.73 Å². The summed E-state index contributed by atoms with van der Waals surface area (Å²) in [5.74, 6) is -0.0498. The third-order valence-electron chi connectivity index (χ3n) is 1.70. The number of ketones is 1. The molecule has 0 radical (unpaired) electrons. The zero-order valence-electron chi connectivity index (χ0n) is 7.74. The van der Waals surface area contributed by atoms with Gasteiger partial charge in [0.2, 0.25) is 0 Å². The van der Waals surface area contributed by atoms with Crippen LogP contribution in [0.25, 0.3) is 0 Å². The first-order valence-electron chi connectivity index (χ1n) is 3.99. The first-order chi connectivity index (χ1) is 6.15. The summed E-state index contributed by atoms with van der Waals surface area (Å²) in [6.45, 7) is 2.23. The van der Waals surface area contributed by atoms with E-state index in [1.165, 1.54) is 7.11 Å². The molecule has 13 heavy (non-hydrogen) atoms. The lowest BCUT2D eigenvalue weighted by atomic mass is 10.1. The minimum absolute atomic E-state index is 0.0498. The molecular weight excluding hydrogens is 186 g/mol.